The maximum Gasteiger partial charge on any atom is 0.243 e. The molecule has 2 aromatic rings. The van der Waals surface area contributed by atoms with E-state index in [-0.39, 0.29) is 11.2 Å². The molecule has 3 spiro atoms. The van der Waals surface area contributed by atoms with Crippen molar-refractivity contribution in [3.63, 3.8) is 0 Å². The van der Waals surface area contributed by atoms with Crippen molar-refractivity contribution in [1.82, 2.24) is 0 Å². The number of hydrogen-bond donors (Lipinski definition) is 0. The highest BCUT2D eigenvalue weighted by Crippen LogP contribution is 2.66. The third-order valence-electron chi connectivity index (χ3n) is 6.91. The van der Waals surface area contributed by atoms with Crippen LogP contribution in [-0.2, 0) is 26.5 Å². The molecule has 2 aliphatic heterocycles. The standard InChI is InChI=1S/C21H24O2S2/c1-3-9-19(10-4-1)15-7-13-24-17(15)21(22-19)18-16(8-14-25-18)20(23-21)11-5-2-6-12-20/h7-8,13-14H,1-6,9-12H2. The number of rotatable bonds is 0. The molecule has 0 atom stereocenters. The van der Waals surface area contributed by atoms with Crippen molar-refractivity contribution in [2.45, 2.75) is 81.2 Å². The van der Waals surface area contributed by atoms with Gasteiger partial charge in [-0.3, -0.25) is 0 Å². The molecule has 4 heteroatoms. The highest BCUT2D eigenvalue weighted by Gasteiger charge is 2.64. The Morgan fingerprint density at radius 1 is 0.640 bits per heavy atom. The SMILES string of the molecule is c1cc2c(s1)C1(OC23CCCCC3)OC2(CCCCC2)c2ccsc21. The third kappa shape index (κ3) is 1.87. The smallest absolute Gasteiger partial charge is 0.243 e. The quantitative estimate of drug-likeness (QED) is 0.533. The molecule has 2 fully saturated rings. The first kappa shape index (κ1) is 15.4. The van der Waals surface area contributed by atoms with E-state index in [4.69, 9.17) is 9.47 Å². The molecule has 0 N–H and O–H groups in total. The molecule has 4 heterocycles. The molecule has 0 aromatic carbocycles. The molecule has 0 amide bonds. The average molecular weight is 373 g/mol. The summed E-state index contributed by atoms with van der Waals surface area (Å²) in [7, 11) is 0. The molecule has 0 bridgehead atoms. The predicted molar refractivity (Wildman–Crippen MR) is 101 cm³/mol. The molecule has 0 radical (unpaired) electrons. The summed E-state index contributed by atoms with van der Waals surface area (Å²) in [6.07, 6.45) is 12.4. The molecule has 25 heavy (non-hydrogen) atoms. The topological polar surface area (TPSA) is 18.5 Å². The van der Waals surface area contributed by atoms with Gasteiger partial charge in [-0.25, -0.2) is 0 Å². The Hall–Kier alpha value is -0.680. The summed E-state index contributed by atoms with van der Waals surface area (Å²) in [4.78, 5) is 2.70. The van der Waals surface area contributed by atoms with E-state index in [0.717, 1.165) is 25.7 Å². The first-order chi connectivity index (χ1) is 12.3. The maximum absolute atomic E-state index is 7.06. The highest BCUT2D eigenvalue weighted by molar-refractivity contribution is 7.12. The molecular weight excluding hydrogens is 348 g/mol. The Kier molecular flexibility index (Phi) is 3.19. The van der Waals surface area contributed by atoms with Crippen molar-refractivity contribution < 1.29 is 9.47 Å². The Morgan fingerprint density at radius 3 is 1.52 bits per heavy atom. The summed E-state index contributed by atoms with van der Waals surface area (Å²) < 4.78 is 14.1. The first-order valence-electron chi connectivity index (χ1n) is 9.85. The van der Waals surface area contributed by atoms with Gasteiger partial charge in [-0.2, -0.15) is 0 Å². The van der Waals surface area contributed by atoms with Crippen molar-refractivity contribution in [3.8, 4) is 0 Å². The van der Waals surface area contributed by atoms with Crippen molar-refractivity contribution in [2.75, 3.05) is 0 Å². The Balaban J connectivity index is 1.53. The zero-order chi connectivity index (χ0) is 16.5. The second kappa shape index (κ2) is 5.19. The third-order valence-corrected chi connectivity index (χ3v) is 8.90. The highest BCUT2D eigenvalue weighted by atomic mass is 32.1. The van der Waals surface area contributed by atoms with Crippen LogP contribution in [0.3, 0.4) is 0 Å². The molecule has 0 saturated heterocycles. The lowest BCUT2D eigenvalue weighted by atomic mass is 9.80. The van der Waals surface area contributed by atoms with Crippen molar-refractivity contribution in [2.24, 2.45) is 0 Å². The van der Waals surface area contributed by atoms with Gasteiger partial charge in [0.2, 0.25) is 5.79 Å². The average Bonchev–Trinajstić information content (AvgIpc) is 3.38. The fraction of sp³-hybridized carbons (Fsp3) is 0.619. The molecule has 6 rings (SSSR count). The zero-order valence-corrected chi connectivity index (χ0v) is 16.1. The molecule has 132 valence electrons. The van der Waals surface area contributed by atoms with Gasteiger partial charge < -0.3 is 9.47 Å². The van der Waals surface area contributed by atoms with Gasteiger partial charge in [-0.05, 0) is 48.6 Å². The van der Waals surface area contributed by atoms with Crippen LogP contribution >= 0.6 is 22.7 Å². The van der Waals surface area contributed by atoms with Gasteiger partial charge in [-0.1, -0.05) is 38.5 Å². The lowest BCUT2D eigenvalue weighted by Gasteiger charge is -2.39. The van der Waals surface area contributed by atoms with Gasteiger partial charge in [-0.15, -0.1) is 22.7 Å². The van der Waals surface area contributed by atoms with Crippen LogP contribution in [-0.4, -0.2) is 0 Å². The van der Waals surface area contributed by atoms with E-state index in [0.29, 0.717) is 0 Å². The number of thiophene rings is 2. The molecule has 0 unspecified atom stereocenters. The van der Waals surface area contributed by atoms with E-state index < -0.39 is 5.79 Å². The minimum Gasteiger partial charge on any atom is -0.329 e. The second-order valence-corrected chi connectivity index (χ2v) is 10.1. The normalized spacial score (nSPS) is 27.8. The van der Waals surface area contributed by atoms with Crippen LogP contribution < -0.4 is 0 Å². The van der Waals surface area contributed by atoms with Gasteiger partial charge in [0.25, 0.3) is 0 Å². The van der Waals surface area contributed by atoms with Crippen LogP contribution in [0.15, 0.2) is 22.9 Å². The lowest BCUT2D eigenvalue weighted by molar-refractivity contribution is -0.298. The monoisotopic (exact) mass is 372 g/mol. The van der Waals surface area contributed by atoms with Crippen LogP contribution in [0.2, 0.25) is 0 Å². The van der Waals surface area contributed by atoms with Gasteiger partial charge in [0.15, 0.2) is 0 Å². The second-order valence-electron chi connectivity index (χ2n) is 8.26. The summed E-state index contributed by atoms with van der Waals surface area (Å²) in [5.41, 5.74) is 2.66. The number of ether oxygens (including phenoxy) is 2. The van der Waals surface area contributed by atoms with Gasteiger partial charge >= 0.3 is 0 Å². The Bertz CT molecular complexity index is 737. The molecule has 2 nitrogen and oxygen atoms in total. The van der Waals surface area contributed by atoms with Gasteiger partial charge in [0, 0.05) is 11.1 Å². The van der Waals surface area contributed by atoms with Crippen LogP contribution in [0.5, 0.6) is 0 Å². The van der Waals surface area contributed by atoms with Crippen molar-refractivity contribution in [1.29, 1.82) is 0 Å². The molecular formula is C21H24O2S2. The molecule has 2 aliphatic carbocycles. The summed E-state index contributed by atoms with van der Waals surface area (Å²) in [6.45, 7) is 0. The van der Waals surface area contributed by atoms with Gasteiger partial charge in [0.1, 0.15) is 0 Å². The molecule has 2 saturated carbocycles. The Labute approximate surface area is 157 Å². The molecule has 4 aliphatic rings. The maximum atomic E-state index is 7.06. The van der Waals surface area contributed by atoms with Crippen LogP contribution in [0.1, 0.15) is 85.1 Å². The molecule has 2 aromatic heterocycles. The summed E-state index contributed by atoms with van der Waals surface area (Å²) in [5, 5.41) is 4.52. The fourth-order valence-electron chi connectivity index (χ4n) is 5.80. The first-order valence-corrected chi connectivity index (χ1v) is 11.6. The predicted octanol–water partition coefficient (Wildman–Crippen LogP) is 6.39. The zero-order valence-electron chi connectivity index (χ0n) is 14.5. The van der Waals surface area contributed by atoms with Crippen LogP contribution in [0, 0.1) is 0 Å². The van der Waals surface area contributed by atoms with E-state index >= 15 is 0 Å². The number of hydrogen-bond acceptors (Lipinski definition) is 4. The minimum absolute atomic E-state index is 0.102. The van der Waals surface area contributed by atoms with E-state index in [2.05, 4.69) is 22.9 Å². The van der Waals surface area contributed by atoms with Gasteiger partial charge in [0.05, 0.1) is 21.0 Å². The fourth-order valence-corrected chi connectivity index (χ4v) is 7.99. The Morgan fingerprint density at radius 2 is 1.08 bits per heavy atom. The number of fused-ring (bicyclic) bond motifs is 6. The summed E-state index contributed by atoms with van der Waals surface area (Å²) >= 11 is 3.69. The minimum atomic E-state index is -0.609. The van der Waals surface area contributed by atoms with Crippen LogP contribution in [0.4, 0.5) is 0 Å². The van der Waals surface area contributed by atoms with E-state index in [1.807, 2.05) is 22.7 Å². The van der Waals surface area contributed by atoms with E-state index in [1.54, 1.807) is 0 Å². The lowest BCUT2D eigenvalue weighted by Crippen LogP contribution is -2.38. The van der Waals surface area contributed by atoms with E-state index in [9.17, 15) is 0 Å². The van der Waals surface area contributed by atoms with Crippen molar-refractivity contribution >= 4 is 22.7 Å². The largest absolute Gasteiger partial charge is 0.329 e. The van der Waals surface area contributed by atoms with E-state index in [1.165, 1.54) is 59.4 Å². The summed E-state index contributed by atoms with van der Waals surface area (Å²) in [6, 6.07) is 4.64. The van der Waals surface area contributed by atoms with Crippen molar-refractivity contribution in [3.05, 3.63) is 43.8 Å². The summed E-state index contributed by atoms with van der Waals surface area (Å²) in [5.74, 6) is -0.609. The van der Waals surface area contributed by atoms with Crippen LogP contribution in [0.25, 0.3) is 0 Å².